The highest BCUT2D eigenvalue weighted by atomic mass is 16.6. The molecule has 0 bridgehead atoms. The van der Waals surface area contributed by atoms with Crippen LogP contribution in [0.3, 0.4) is 0 Å². The molecule has 1 unspecified atom stereocenters. The molecule has 0 spiro atoms. The number of benzene rings is 1. The van der Waals surface area contributed by atoms with E-state index < -0.39 is 17.2 Å². The van der Waals surface area contributed by atoms with Gasteiger partial charge in [-0.25, -0.2) is 4.79 Å². The van der Waals surface area contributed by atoms with Crippen molar-refractivity contribution >= 4 is 12.4 Å². The number of alkyl carbamates (subject to hydrolysis) is 1. The zero-order valence-electron chi connectivity index (χ0n) is 12.5. The number of amides is 1. The van der Waals surface area contributed by atoms with Crippen LogP contribution in [0.15, 0.2) is 18.2 Å². The number of nitrogens with one attached hydrogen (secondary N) is 1. The van der Waals surface area contributed by atoms with Crippen LogP contribution in [-0.2, 0) is 15.1 Å². The van der Waals surface area contributed by atoms with E-state index in [4.69, 9.17) is 4.74 Å². The van der Waals surface area contributed by atoms with Crippen molar-refractivity contribution in [1.29, 1.82) is 0 Å². The predicted octanol–water partition coefficient (Wildman–Crippen LogP) is 2.64. The second kappa shape index (κ2) is 5.53. The Morgan fingerprint density at radius 1 is 1.30 bits per heavy atom. The third kappa shape index (κ3) is 3.98. The van der Waals surface area contributed by atoms with E-state index in [0.717, 1.165) is 0 Å². The summed E-state index contributed by atoms with van der Waals surface area (Å²) in [6.45, 7) is 8.51. The number of carbonyl (C=O) groups is 2. The molecule has 0 saturated carbocycles. The second-order valence-corrected chi connectivity index (χ2v) is 5.95. The van der Waals surface area contributed by atoms with Gasteiger partial charge < -0.3 is 20.0 Å². The summed E-state index contributed by atoms with van der Waals surface area (Å²) < 4.78 is 5.14. The maximum absolute atomic E-state index is 11.8. The Labute approximate surface area is 118 Å². The number of aromatic hydroxyl groups is 1. The molecular formula is C15H21NO4. The smallest absolute Gasteiger partial charge is 0.408 e. The zero-order valence-corrected chi connectivity index (χ0v) is 12.5. The molecule has 2 N–H and O–H groups in total. The highest BCUT2D eigenvalue weighted by molar-refractivity contribution is 5.78. The first-order valence-corrected chi connectivity index (χ1v) is 6.35. The molecular weight excluding hydrogens is 258 g/mol. The molecule has 5 heteroatoms. The van der Waals surface area contributed by atoms with Crippen LogP contribution in [0.25, 0.3) is 0 Å². The quantitative estimate of drug-likeness (QED) is 0.834. The minimum Gasteiger partial charge on any atom is -0.508 e. The Morgan fingerprint density at radius 2 is 1.90 bits per heavy atom. The van der Waals surface area contributed by atoms with E-state index in [9.17, 15) is 14.7 Å². The van der Waals surface area contributed by atoms with E-state index in [2.05, 4.69) is 5.32 Å². The fourth-order valence-electron chi connectivity index (χ4n) is 1.62. The first kappa shape index (κ1) is 16.0. The zero-order chi connectivity index (χ0) is 15.6. The van der Waals surface area contributed by atoms with Crippen LogP contribution in [0, 0.1) is 6.92 Å². The summed E-state index contributed by atoms with van der Waals surface area (Å²) in [5.74, 6) is 0.0709. The predicted molar refractivity (Wildman–Crippen MR) is 75.6 cm³/mol. The van der Waals surface area contributed by atoms with Gasteiger partial charge >= 0.3 is 6.09 Å². The molecule has 20 heavy (non-hydrogen) atoms. The van der Waals surface area contributed by atoms with Gasteiger partial charge in [-0.3, -0.25) is 0 Å². The van der Waals surface area contributed by atoms with Crippen LogP contribution < -0.4 is 5.32 Å². The summed E-state index contributed by atoms with van der Waals surface area (Å²) in [6, 6.07) is 4.82. The number of aldehydes is 1. The SMILES string of the molecule is Cc1ccc(C(C)(C=O)NC(=O)OC(C)(C)C)cc1O. The molecule has 0 saturated heterocycles. The van der Waals surface area contributed by atoms with Crippen LogP contribution >= 0.6 is 0 Å². The van der Waals surface area contributed by atoms with Crippen LogP contribution in [0.2, 0.25) is 0 Å². The first-order chi connectivity index (χ1) is 9.07. The van der Waals surface area contributed by atoms with E-state index in [-0.39, 0.29) is 5.75 Å². The van der Waals surface area contributed by atoms with Crippen molar-refractivity contribution in [2.45, 2.75) is 45.8 Å². The Balaban J connectivity index is 2.99. The van der Waals surface area contributed by atoms with Crippen molar-refractivity contribution in [3.05, 3.63) is 29.3 Å². The highest BCUT2D eigenvalue weighted by Crippen LogP contribution is 2.25. The topological polar surface area (TPSA) is 75.6 Å². The van der Waals surface area contributed by atoms with Crippen molar-refractivity contribution in [2.24, 2.45) is 0 Å². The second-order valence-electron chi connectivity index (χ2n) is 5.95. The number of ether oxygens (including phenoxy) is 1. The van der Waals surface area contributed by atoms with Gasteiger partial charge in [-0.05, 0) is 51.8 Å². The Morgan fingerprint density at radius 3 is 2.35 bits per heavy atom. The fourth-order valence-corrected chi connectivity index (χ4v) is 1.62. The van der Waals surface area contributed by atoms with E-state index in [1.165, 1.54) is 6.07 Å². The molecule has 0 aliphatic rings. The Bertz CT molecular complexity index is 519. The van der Waals surface area contributed by atoms with Crippen molar-refractivity contribution in [1.82, 2.24) is 5.32 Å². The minimum atomic E-state index is -1.26. The highest BCUT2D eigenvalue weighted by Gasteiger charge is 2.31. The van der Waals surface area contributed by atoms with Crippen molar-refractivity contribution in [3.63, 3.8) is 0 Å². The largest absolute Gasteiger partial charge is 0.508 e. The van der Waals surface area contributed by atoms with Gasteiger partial charge in [-0.1, -0.05) is 12.1 Å². The molecule has 0 aliphatic carbocycles. The lowest BCUT2D eigenvalue weighted by molar-refractivity contribution is -0.113. The summed E-state index contributed by atoms with van der Waals surface area (Å²) in [5, 5.41) is 12.2. The number of carbonyl (C=O) groups excluding carboxylic acids is 2. The summed E-state index contributed by atoms with van der Waals surface area (Å²) in [4.78, 5) is 23.2. The summed E-state index contributed by atoms with van der Waals surface area (Å²) in [6.07, 6.45) is -0.0757. The lowest BCUT2D eigenvalue weighted by Crippen LogP contribution is -2.46. The van der Waals surface area contributed by atoms with Crippen LogP contribution in [0.4, 0.5) is 4.79 Å². The van der Waals surface area contributed by atoms with Gasteiger partial charge in [0, 0.05) is 0 Å². The third-order valence-electron chi connectivity index (χ3n) is 2.81. The molecule has 1 aromatic rings. The molecule has 1 rings (SSSR count). The number of aryl methyl sites for hydroxylation is 1. The van der Waals surface area contributed by atoms with Gasteiger partial charge in [0.15, 0.2) is 0 Å². The maximum atomic E-state index is 11.8. The lowest BCUT2D eigenvalue weighted by Gasteiger charge is -2.28. The first-order valence-electron chi connectivity index (χ1n) is 6.35. The van der Waals surface area contributed by atoms with E-state index in [1.807, 2.05) is 0 Å². The van der Waals surface area contributed by atoms with Crippen molar-refractivity contribution < 1.29 is 19.4 Å². The van der Waals surface area contributed by atoms with Crippen LogP contribution in [-0.4, -0.2) is 23.1 Å². The van der Waals surface area contributed by atoms with Gasteiger partial charge in [-0.15, -0.1) is 0 Å². The Hall–Kier alpha value is -2.04. The van der Waals surface area contributed by atoms with Crippen LogP contribution in [0.1, 0.15) is 38.8 Å². The normalized spacial score (nSPS) is 14.2. The van der Waals surface area contributed by atoms with E-state index in [0.29, 0.717) is 17.4 Å². The average Bonchev–Trinajstić information content (AvgIpc) is 2.29. The van der Waals surface area contributed by atoms with Gasteiger partial charge in [0.1, 0.15) is 23.2 Å². The van der Waals surface area contributed by atoms with Gasteiger partial charge in [0.05, 0.1) is 0 Å². The monoisotopic (exact) mass is 279 g/mol. The maximum Gasteiger partial charge on any atom is 0.408 e. The lowest BCUT2D eigenvalue weighted by atomic mass is 9.92. The summed E-state index contributed by atoms with van der Waals surface area (Å²) >= 11 is 0. The molecule has 0 fully saturated rings. The summed E-state index contributed by atoms with van der Waals surface area (Å²) in [5.41, 5.74) is -0.725. The molecule has 1 amide bonds. The van der Waals surface area contributed by atoms with Crippen molar-refractivity contribution in [3.8, 4) is 5.75 Å². The molecule has 0 heterocycles. The fraction of sp³-hybridized carbons (Fsp3) is 0.467. The molecule has 1 aromatic carbocycles. The van der Waals surface area contributed by atoms with Gasteiger partial charge in [0.2, 0.25) is 0 Å². The average molecular weight is 279 g/mol. The molecule has 110 valence electrons. The number of hydrogen-bond acceptors (Lipinski definition) is 4. The molecule has 0 aromatic heterocycles. The van der Waals surface area contributed by atoms with E-state index in [1.54, 1.807) is 46.8 Å². The number of hydrogen-bond donors (Lipinski definition) is 2. The molecule has 5 nitrogen and oxygen atoms in total. The summed E-state index contributed by atoms with van der Waals surface area (Å²) in [7, 11) is 0. The molecule has 0 aliphatic heterocycles. The van der Waals surface area contributed by atoms with Crippen molar-refractivity contribution in [2.75, 3.05) is 0 Å². The molecule has 0 radical (unpaired) electrons. The standard InChI is InChI=1S/C15H21NO4/c1-10-6-7-11(8-12(10)18)15(5,9-17)16-13(19)20-14(2,3)4/h6-9,18H,1-5H3,(H,16,19). The third-order valence-corrected chi connectivity index (χ3v) is 2.81. The Kier molecular flexibility index (Phi) is 4.43. The molecule has 1 atom stereocenters. The van der Waals surface area contributed by atoms with E-state index >= 15 is 0 Å². The number of rotatable bonds is 3. The minimum absolute atomic E-state index is 0.0709. The number of phenolic OH excluding ortho intramolecular Hbond substituents is 1. The van der Waals surface area contributed by atoms with Gasteiger partial charge in [-0.2, -0.15) is 0 Å². The van der Waals surface area contributed by atoms with Crippen LogP contribution in [0.5, 0.6) is 5.75 Å². The van der Waals surface area contributed by atoms with Gasteiger partial charge in [0.25, 0.3) is 0 Å². The number of phenols is 1.